The second kappa shape index (κ2) is 4.15. The van der Waals surface area contributed by atoms with E-state index in [1.54, 1.807) is 0 Å². The van der Waals surface area contributed by atoms with Gasteiger partial charge in [0.15, 0.2) is 10.4 Å². The van der Waals surface area contributed by atoms with E-state index >= 15 is 0 Å². The van der Waals surface area contributed by atoms with Crippen LogP contribution in [0.15, 0.2) is 12.1 Å². The van der Waals surface area contributed by atoms with Crippen LogP contribution in [0.1, 0.15) is 31.0 Å². The van der Waals surface area contributed by atoms with E-state index in [9.17, 15) is 0 Å². The summed E-state index contributed by atoms with van der Waals surface area (Å²) in [5.41, 5.74) is 3.13. The molecule has 0 aromatic carbocycles. The van der Waals surface area contributed by atoms with Gasteiger partial charge in [0, 0.05) is 24.8 Å². The molecule has 3 heterocycles. The van der Waals surface area contributed by atoms with Crippen molar-refractivity contribution >= 4 is 23.4 Å². The highest BCUT2D eigenvalue weighted by molar-refractivity contribution is 7.71. The van der Waals surface area contributed by atoms with Gasteiger partial charge in [0.2, 0.25) is 0 Å². The first-order valence-electron chi connectivity index (χ1n) is 7.04. The Labute approximate surface area is 117 Å². The number of hydrogen-bond acceptors (Lipinski definition) is 3. The van der Waals surface area contributed by atoms with Gasteiger partial charge in [-0.3, -0.25) is 9.47 Å². The molecule has 100 valence electrons. The molecule has 2 aliphatic rings. The minimum atomic E-state index is 0.483. The summed E-state index contributed by atoms with van der Waals surface area (Å²) in [5.74, 6) is 0. The van der Waals surface area contributed by atoms with Gasteiger partial charge in [0.05, 0.1) is 11.6 Å². The van der Waals surface area contributed by atoms with Crippen molar-refractivity contribution in [1.82, 2.24) is 19.4 Å². The summed E-state index contributed by atoms with van der Waals surface area (Å²) in [5, 5.41) is 0. The van der Waals surface area contributed by atoms with Crippen molar-refractivity contribution in [3.63, 3.8) is 0 Å². The normalized spacial score (nSPS) is 24.4. The van der Waals surface area contributed by atoms with E-state index in [4.69, 9.17) is 12.2 Å². The van der Waals surface area contributed by atoms with Crippen LogP contribution in [0.4, 0.5) is 0 Å². The molecule has 5 heteroatoms. The molecular weight excluding hydrogens is 256 g/mol. The molecule has 0 amide bonds. The summed E-state index contributed by atoms with van der Waals surface area (Å²) in [4.78, 5) is 10.6. The molecule has 1 aliphatic carbocycles. The van der Waals surface area contributed by atoms with Crippen molar-refractivity contribution < 1.29 is 0 Å². The maximum absolute atomic E-state index is 5.50. The molecule has 1 saturated heterocycles. The lowest BCUT2D eigenvalue weighted by molar-refractivity contribution is 0.314. The number of nitrogens with zero attached hydrogens (tertiary/aromatic N) is 3. The minimum Gasteiger partial charge on any atom is -0.329 e. The number of aromatic amines is 1. The Kier molecular flexibility index (Phi) is 2.53. The zero-order chi connectivity index (χ0) is 13.0. The third-order valence-corrected chi connectivity index (χ3v) is 4.62. The number of imidazole rings is 1. The number of hydrogen-bond donors (Lipinski definition) is 1. The van der Waals surface area contributed by atoms with Gasteiger partial charge in [-0.1, -0.05) is 0 Å². The van der Waals surface area contributed by atoms with E-state index in [0.29, 0.717) is 6.04 Å². The first-order chi connectivity index (χ1) is 9.22. The Morgan fingerprint density at radius 1 is 1.26 bits per heavy atom. The molecular formula is C14H18N4S. The molecule has 1 aliphatic heterocycles. The molecule has 2 fully saturated rings. The zero-order valence-corrected chi connectivity index (χ0v) is 11.9. The third kappa shape index (κ3) is 1.92. The quantitative estimate of drug-likeness (QED) is 0.856. The van der Waals surface area contributed by atoms with E-state index in [1.807, 2.05) is 13.0 Å². The van der Waals surface area contributed by atoms with Crippen molar-refractivity contribution in [3.05, 3.63) is 22.6 Å². The predicted molar refractivity (Wildman–Crippen MR) is 77.9 cm³/mol. The Balaban J connectivity index is 1.75. The van der Waals surface area contributed by atoms with Crippen LogP contribution in [0.3, 0.4) is 0 Å². The third-order valence-electron chi connectivity index (χ3n) is 4.33. The highest BCUT2D eigenvalue weighted by atomic mass is 32.1. The van der Waals surface area contributed by atoms with Gasteiger partial charge in [-0.2, -0.15) is 0 Å². The van der Waals surface area contributed by atoms with Crippen molar-refractivity contribution in [2.75, 3.05) is 13.1 Å². The van der Waals surface area contributed by atoms with Crippen molar-refractivity contribution in [2.45, 2.75) is 38.3 Å². The SMILES string of the molecule is Cc1ccc2[nH]c(=S)n(C3CCN(C4CC4)C3)c2n1. The van der Waals surface area contributed by atoms with Crippen LogP contribution in [0.2, 0.25) is 0 Å². The Hall–Kier alpha value is -1.20. The van der Waals surface area contributed by atoms with E-state index in [1.165, 1.54) is 25.8 Å². The van der Waals surface area contributed by atoms with Gasteiger partial charge < -0.3 is 4.98 Å². The molecule has 2 aromatic rings. The first-order valence-corrected chi connectivity index (χ1v) is 7.45. The highest BCUT2D eigenvalue weighted by Crippen LogP contribution is 2.34. The summed E-state index contributed by atoms with van der Waals surface area (Å²) in [6.45, 7) is 4.36. The number of likely N-dealkylation sites (tertiary alicyclic amines) is 1. The van der Waals surface area contributed by atoms with Gasteiger partial charge in [-0.15, -0.1) is 0 Å². The monoisotopic (exact) mass is 274 g/mol. The molecule has 1 saturated carbocycles. The predicted octanol–water partition coefficient (Wildman–Crippen LogP) is 2.81. The van der Waals surface area contributed by atoms with Gasteiger partial charge >= 0.3 is 0 Å². The molecule has 0 radical (unpaired) electrons. The Morgan fingerprint density at radius 2 is 2.11 bits per heavy atom. The van der Waals surface area contributed by atoms with Crippen LogP contribution >= 0.6 is 12.2 Å². The summed E-state index contributed by atoms with van der Waals surface area (Å²) >= 11 is 5.50. The lowest BCUT2D eigenvalue weighted by Gasteiger charge is -2.16. The summed E-state index contributed by atoms with van der Waals surface area (Å²) < 4.78 is 3.05. The van der Waals surface area contributed by atoms with E-state index in [2.05, 4.69) is 25.5 Å². The number of rotatable bonds is 2. The lowest BCUT2D eigenvalue weighted by Crippen LogP contribution is -2.23. The fourth-order valence-electron chi connectivity index (χ4n) is 3.18. The van der Waals surface area contributed by atoms with E-state index < -0.39 is 0 Å². The smallest absolute Gasteiger partial charge is 0.179 e. The topological polar surface area (TPSA) is 36.9 Å². The van der Waals surface area contributed by atoms with Crippen LogP contribution in [-0.2, 0) is 0 Å². The standard InChI is InChI=1S/C14H18N4S/c1-9-2-5-12-13(15-9)18(14(19)16-12)11-6-7-17(8-11)10-3-4-10/h2,5,10-11H,3-4,6-8H2,1H3,(H,16,19). The lowest BCUT2D eigenvalue weighted by atomic mass is 10.2. The summed E-state index contributed by atoms with van der Waals surface area (Å²) in [7, 11) is 0. The highest BCUT2D eigenvalue weighted by Gasteiger charge is 2.35. The van der Waals surface area contributed by atoms with Gasteiger partial charge in [0.25, 0.3) is 0 Å². The molecule has 1 unspecified atom stereocenters. The molecule has 1 atom stereocenters. The molecule has 2 aromatic heterocycles. The Bertz CT molecular complexity index is 682. The van der Waals surface area contributed by atoms with Crippen LogP contribution in [0.25, 0.3) is 11.2 Å². The van der Waals surface area contributed by atoms with Crippen LogP contribution in [-0.4, -0.2) is 38.6 Å². The summed E-state index contributed by atoms with van der Waals surface area (Å²) in [6, 6.07) is 5.44. The van der Waals surface area contributed by atoms with E-state index in [-0.39, 0.29) is 0 Å². The van der Waals surface area contributed by atoms with E-state index in [0.717, 1.165) is 34.2 Å². The fraction of sp³-hybridized carbons (Fsp3) is 0.571. The van der Waals surface area contributed by atoms with Gasteiger partial charge in [-0.05, 0) is 50.5 Å². The number of fused-ring (bicyclic) bond motifs is 1. The molecule has 0 spiro atoms. The van der Waals surface area contributed by atoms with Gasteiger partial charge in [-0.25, -0.2) is 4.98 Å². The van der Waals surface area contributed by atoms with Crippen LogP contribution in [0.5, 0.6) is 0 Å². The van der Waals surface area contributed by atoms with Crippen LogP contribution in [0, 0.1) is 11.7 Å². The number of H-pyrrole nitrogens is 1. The number of nitrogens with one attached hydrogen (secondary N) is 1. The summed E-state index contributed by atoms with van der Waals surface area (Å²) in [6.07, 6.45) is 3.94. The average Bonchev–Trinajstić information content (AvgIpc) is 3.03. The maximum Gasteiger partial charge on any atom is 0.179 e. The van der Waals surface area contributed by atoms with Gasteiger partial charge in [0.1, 0.15) is 0 Å². The minimum absolute atomic E-state index is 0.483. The molecule has 4 nitrogen and oxygen atoms in total. The number of pyridine rings is 1. The Morgan fingerprint density at radius 3 is 2.89 bits per heavy atom. The largest absolute Gasteiger partial charge is 0.329 e. The maximum atomic E-state index is 5.50. The number of aryl methyl sites for hydroxylation is 1. The van der Waals surface area contributed by atoms with Crippen LogP contribution < -0.4 is 0 Å². The first kappa shape index (κ1) is 11.6. The molecule has 19 heavy (non-hydrogen) atoms. The second-order valence-electron chi connectivity index (χ2n) is 5.79. The zero-order valence-electron chi connectivity index (χ0n) is 11.1. The van der Waals surface area contributed by atoms with Crippen molar-refractivity contribution in [1.29, 1.82) is 0 Å². The van der Waals surface area contributed by atoms with Crippen molar-refractivity contribution in [2.24, 2.45) is 0 Å². The average molecular weight is 274 g/mol. The molecule has 1 N–H and O–H groups in total. The fourth-order valence-corrected chi connectivity index (χ4v) is 3.53. The molecule has 0 bridgehead atoms. The molecule has 4 rings (SSSR count). The van der Waals surface area contributed by atoms with Crippen molar-refractivity contribution in [3.8, 4) is 0 Å². The number of aromatic nitrogens is 3. The second-order valence-corrected chi connectivity index (χ2v) is 6.18.